The number of anilines is 1. The Morgan fingerprint density at radius 2 is 1.86 bits per heavy atom. The molecule has 0 heterocycles. The van der Waals surface area contributed by atoms with Gasteiger partial charge in [0.15, 0.2) is 11.5 Å². The van der Waals surface area contributed by atoms with Crippen molar-refractivity contribution in [2.24, 2.45) is 0 Å². The number of benzene rings is 4. The summed E-state index contributed by atoms with van der Waals surface area (Å²) >= 11 is 3.16. The van der Waals surface area contributed by atoms with Gasteiger partial charge in [-0.1, -0.05) is 64.5 Å². The highest BCUT2D eigenvalue weighted by Gasteiger charge is 2.14. The maximum Gasteiger partial charge on any atom is 0.266 e. The molecule has 35 heavy (non-hydrogen) atoms. The molecule has 0 atom stereocenters. The van der Waals surface area contributed by atoms with Crippen LogP contribution in [0.5, 0.6) is 11.5 Å². The van der Waals surface area contributed by atoms with Crippen LogP contribution in [0.2, 0.25) is 0 Å². The van der Waals surface area contributed by atoms with Crippen LogP contribution < -0.4 is 14.8 Å². The molecule has 7 heteroatoms. The average molecular weight is 531 g/mol. The minimum atomic E-state index is -0.719. The fourth-order valence-electron chi connectivity index (χ4n) is 3.56. The Kier molecular flexibility index (Phi) is 7.44. The number of carbonyl (C=O) groups excluding carboxylic acids is 1. The zero-order valence-electron chi connectivity index (χ0n) is 18.7. The Hall–Kier alpha value is -4.15. The Morgan fingerprint density at radius 1 is 1.06 bits per heavy atom. The standard InChI is InChI=1S/C28H20BrFN2O3/c1-34-27-14-18(13-21(16-31)28(33)32-25-11-10-22(29)15-24(25)30)9-12-26(27)35-17-20-7-4-6-19-5-2-3-8-23(19)20/h2-15H,17H2,1H3,(H,32,33)/b21-13+. The summed E-state index contributed by atoms with van der Waals surface area (Å²) in [7, 11) is 1.52. The van der Waals surface area contributed by atoms with Crippen molar-refractivity contribution in [1.29, 1.82) is 5.26 Å². The number of carbonyl (C=O) groups is 1. The van der Waals surface area contributed by atoms with Gasteiger partial charge in [-0.25, -0.2) is 4.39 Å². The van der Waals surface area contributed by atoms with Crippen LogP contribution in [0.1, 0.15) is 11.1 Å². The number of nitrogens with one attached hydrogen (secondary N) is 1. The van der Waals surface area contributed by atoms with E-state index in [0.717, 1.165) is 16.3 Å². The molecule has 0 unspecified atom stereocenters. The molecule has 1 amide bonds. The lowest BCUT2D eigenvalue weighted by molar-refractivity contribution is -0.112. The summed E-state index contributed by atoms with van der Waals surface area (Å²) in [5.74, 6) is -0.350. The summed E-state index contributed by atoms with van der Waals surface area (Å²) in [4.78, 5) is 12.5. The summed E-state index contributed by atoms with van der Waals surface area (Å²) in [6, 6.07) is 25.3. The van der Waals surface area contributed by atoms with Gasteiger partial charge in [0.05, 0.1) is 12.8 Å². The second-order valence-electron chi connectivity index (χ2n) is 7.59. The van der Waals surface area contributed by atoms with Crippen molar-refractivity contribution < 1.29 is 18.7 Å². The van der Waals surface area contributed by atoms with Crippen LogP contribution >= 0.6 is 15.9 Å². The first-order chi connectivity index (χ1) is 17.0. The summed E-state index contributed by atoms with van der Waals surface area (Å²) in [6.45, 7) is 0.345. The Morgan fingerprint density at radius 3 is 2.63 bits per heavy atom. The Balaban J connectivity index is 1.52. The lowest BCUT2D eigenvalue weighted by atomic mass is 10.1. The molecule has 0 aromatic heterocycles. The Bertz CT molecular complexity index is 1470. The Labute approximate surface area is 210 Å². The summed E-state index contributed by atoms with van der Waals surface area (Å²) in [6.07, 6.45) is 1.41. The molecule has 4 aromatic rings. The van der Waals surface area contributed by atoms with E-state index in [1.54, 1.807) is 24.3 Å². The van der Waals surface area contributed by atoms with Gasteiger partial charge in [-0.2, -0.15) is 5.26 Å². The number of amides is 1. The third-order valence-electron chi connectivity index (χ3n) is 5.31. The summed E-state index contributed by atoms with van der Waals surface area (Å²) < 4.78 is 26.1. The predicted octanol–water partition coefficient (Wildman–Crippen LogP) is 6.87. The number of fused-ring (bicyclic) bond motifs is 1. The van der Waals surface area contributed by atoms with Crippen LogP contribution in [0.15, 0.2) is 88.9 Å². The molecular weight excluding hydrogens is 511 g/mol. The van der Waals surface area contributed by atoms with Crippen molar-refractivity contribution in [2.75, 3.05) is 12.4 Å². The van der Waals surface area contributed by atoms with Crippen LogP contribution in [0, 0.1) is 17.1 Å². The minimum absolute atomic E-state index is 0.0193. The first-order valence-electron chi connectivity index (χ1n) is 10.6. The van der Waals surface area contributed by atoms with E-state index in [2.05, 4.69) is 33.4 Å². The largest absolute Gasteiger partial charge is 0.493 e. The van der Waals surface area contributed by atoms with E-state index in [4.69, 9.17) is 9.47 Å². The summed E-state index contributed by atoms with van der Waals surface area (Å²) in [5.41, 5.74) is 1.40. The zero-order valence-corrected chi connectivity index (χ0v) is 20.3. The van der Waals surface area contributed by atoms with Crippen LogP contribution in [0.25, 0.3) is 16.8 Å². The molecule has 0 fully saturated rings. The van der Waals surface area contributed by atoms with Crippen LogP contribution in [0.4, 0.5) is 10.1 Å². The maximum atomic E-state index is 14.1. The predicted molar refractivity (Wildman–Crippen MR) is 138 cm³/mol. The quantitative estimate of drug-likeness (QED) is 0.209. The molecule has 0 aliphatic rings. The van der Waals surface area contributed by atoms with Gasteiger partial charge in [0.25, 0.3) is 5.91 Å². The first-order valence-corrected chi connectivity index (χ1v) is 11.4. The van der Waals surface area contributed by atoms with E-state index in [1.165, 1.54) is 25.3 Å². The fourth-order valence-corrected chi connectivity index (χ4v) is 3.90. The van der Waals surface area contributed by atoms with Crippen molar-refractivity contribution >= 4 is 44.4 Å². The first kappa shape index (κ1) is 24.0. The topological polar surface area (TPSA) is 71.3 Å². The molecule has 0 radical (unpaired) electrons. The van der Waals surface area contributed by atoms with Crippen LogP contribution in [0.3, 0.4) is 0 Å². The molecule has 0 saturated heterocycles. The highest BCUT2D eigenvalue weighted by atomic mass is 79.9. The number of hydrogen-bond acceptors (Lipinski definition) is 4. The number of methoxy groups -OCH3 is 1. The van der Waals surface area contributed by atoms with E-state index < -0.39 is 11.7 Å². The van der Waals surface area contributed by atoms with E-state index >= 15 is 0 Å². The molecule has 0 aliphatic heterocycles. The van der Waals surface area contributed by atoms with Crippen molar-refractivity contribution in [3.05, 3.63) is 106 Å². The van der Waals surface area contributed by atoms with Crippen molar-refractivity contribution in [3.8, 4) is 17.6 Å². The monoisotopic (exact) mass is 530 g/mol. The average Bonchev–Trinajstić information content (AvgIpc) is 2.87. The van der Waals surface area contributed by atoms with Gasteiger partial charge in [0, 0.05) is 4.47 Å². The molecule has 0 bridgehead atoms. The van der Waals surface area contributed by atoms with Gasteiger partial charge in [-0.15, -0.1) is 0 Å². The van der Waals surface area contributed by atoms with Gasteiger partial charge in [-0.05, 0) is 58.3 Å². The van der Waals surface area contributed by atoms with Crippen molar-refractivity contribution in [1.82, 2.24) is 0 Å². The van der Waals surface area contributed by atoms with Gasteiger partial charge in [0.2, 0.25) is 0 Å². The molecule has 174 valence electrons. The SMILES string of the molecule is COc1cc(/C=C(\C#N)C(=O)Nc2ccc(Br)cc2F)ccc1OCc1cccc2ccccc12. The molecule has 5 nitrogen and oxygen atoms in total. The molecular formula is C28H20BrFN2O3. The third-order valence-corrected chi connectivity index (χ3v) is 5.80. The highest BCUT2D eigenvalue weighted by molar-refractivity contribution is 9.10. The number of rotatable bonds is 7. The second-order valence-corrected chi connectivity index (χ2v) is 8.50. The van der Waals surface area contributed by atoms with Gasteiger partial charge >= 0.3 is 0 Å². The normalized spacial score (nSPS) is 11.1. The van der Waals surface area contributed by atoms with E-state index in [-0.39, 0.29) is 11.3 Å². The number of hydrogen-bond donors (Lipinski definition) is 1. The van der Waals surface area contributed by atoms with Crippen LogP contribution in [-0.2, 0) is 11.4 Å². The lowest BCUT2D eigenvalue weighted by Gasteiger charge is -2.13. The molecule has 0 spiro atoms. The third kappa shape index (κ3) is 5.68. The van der Waals surface area contributed by atoms with Crippen molar-refractivity contribution in [2.45, 2.75) is 6.61 Å². The fraction of sp³-hybridized carbons (Fsp3) is 0.0714. The van der Waals surface area contributed by atoms with Crippen molar-refractivity contribution in [3.63, 3.8) is 0 Å². The minimum Gasteiger partial charge on any atom is -0.493 e. The number of halogens is 2. The van der Waals surface area contributed by atoms with E-state index in [1.807, 2.05) is 36.4 Å². The molecule has 0 saturated carbocycles. The van der Waals surface area contributed by atoms with E-state index in [0.29, 0.717) is 28.1 Å². The lowest BCUT2D eigenvalue weighted by Crippen LogP contribution is -2.14. The summed E-state index contributed by atoms with van der Waals surface area (Å²) in [5, 5.41) is 14.2. The van der Waals surface area contributed by atoms with Gasteiger partial charge < -0.3 is 14.8 Å². The molecule has 4 aromatic carbocycles. The van der Waals surface area contributed by atoms with Gasteiger partial charge in [-0.3, -0.25) is 4.79 Å². The number of ether oxygens (including phenoxy) is 2. The number of nitrogens with zero attached hydrogens (tertiary/aromatic N) is 1. The maximum absolute atomic E-state index is 14.1. The van der Waals surface area contributed by atoms with E-state index in [9.17, 15) is 14.4 Å². The zero-order chi connectivity index (χ0) is 24.8. The molecule has 4 rings (SSSR count). The second kappa shape index (κ2) is 10.9. The molecule has 1 N–H and O–H groups in total. The van der Waals surface area contributed by atoms with Crippen LogP contribution in [-0.4, -0.2) is 13.0 Å². The number of nitriles is 1. The highest BCUT2D eigenvalue weighted by Crippen LogP contribution is 2.31. The smallest absolute Gasteiger partial charge is 0.266 e. The van der Waals surface area contributed by atoms with Gasteiger partial charge in [0.1, 0.15) is 24.1 Å². The molecule has 0 aliphatic carbocycles.